The van der Waals surface area contributed by atoms with Crippen molar-refractivity contribution >= 4 is 0 Å². The van der Waals surface area contributed by atoms with E-state index in [1.54, 1.807) is 43.5 Å². The van der Waals surface area contributed by atoms with E-state index in [4.69, 9.17) is 37.3 Å². The van der Waals surface area contributed by atoms with Gasteiger partial charge in [-0.3, -0.25) is 18.7 Å². The Morgan fingerprint density at radius 2 is 0.635 bits per heavy atom. The third-order valence-electron chi connectivity index (χ3n) is 6.34. The molecule has 0 fully saturated rings. The predicted molar refractivity (Wildman–Crippen MR) is 147 cm³/mol. The molecule has 0 saturated heterocycles. The maximum atomic E-state index is 12.5. The normalized spacial score (nSPS) is 10.7. The standard InChI is InChI=1S/2C15H16N4O.2ClHO4.2Cu/c2*1-12-8-13(10-18-6-2-4-16-18)15(20)14(9-12)11-19-7-3-5-17-19;2*2-1(3,4)5;;/h2*2-9,20H,10-11H2,1H3;2*(H,2,3,4,5);;/q;;;;2*+2/p-4. The van der Waals surface area contributed by atoms with E-state index in [1.165, 1.54) is 0 Å². The minimum atomic E-state index is -4.94. The fourth-order valence-electron chi connectivity index (χ4n) is 4.60. The fourth-order valence-corrected chi connectivity index (χ4v) is 4.60. The molecule has 0 atom stereocenters. The van der Waals surface area contributed by atoms with Gasteiger partial charge in [-0.05, 0) is 60.4 Å². The van der Waals surface area contributed by atoms with E-state index in [2.05, 4.69) is 20.4 Å². The molecule has 0 spiro atoms. The van der Waals surface area contributed by atoms with Crippen LogP contribution in [0.25, 0.3) is 0 Å². The summed E-state index contributed by atoms with van der Waals surface area (Å²) in [6.07, 6.45) is 14.3. The number of benzene rings is 2. The molecule has 6 rings (SSSR count). The Hall–Kier alpha value is -3.82. The van der Waals surface area contributed by atoms with Crippen LogP contribution in [-0.4, -0.2) is 39.1 Å². The van der Waals surface area contributed by atoms with E-state index in [9.17, 15) is 10.2 Å². The molecule has 286 valence electrons. The molecule has 4 aromatic heterocycles. The van der Waals surface area contributed by atoms with Gasteiger partial charge in [0.05, 0.1) is 26.2 Å². The molecule has 0 N–H and O–H groups in total. The topological polar surface area (TPSA) is 302 Å². The largest absolute Gasteiger partial charge is 2.00 e. The van der Waals surface area contributed by atoms with Crippen molar-refractivity contribution in [2.45, 2.75) is 40.0 Å². The van der Waals surface area contributed by atoms with Crippen LogP contribution in [0.5, 0.6) is 11.5 Å². The minimum absolute atomic E-state index is 0. The van der Waals surface area contributed by atoms with E-state index >= 15 is 0 Å². The van der Waals surface area contributed by atoms with Crippen molar-refractivity contribution in [2.24, 2.45) is 0 Å². The molecule has 0 saturated carbocycles. The number of hydrogen-bond donors (Lipinski definition) is 0. The second-order valence-corrected chi connectivity index (χ2v) is 11.9. The van der Waals surface area contributed by atoms with Gasteiger partial charge in [-0.25, -0.2) is 37.3 Å². The van der Waals surface area contributed by atoms with Crippen molar-refractivity contribution in [3.05, 3.63) is 131 Å². The molecule has 0 unspecified atom stereocenters. The smallest absolute Gasteiger partial charge is 0.872 e. The van der Waals surface area contributed by atoms with E-state index in [0.29, 0.717) is 26.2 Å². The summed E-state index contributed by atoms with van der Waals surface area (Å²) in [6, 6.07) is 15.1. The molecule has 22 heteroatoms. The number of nitrogens with zero attached hydrogens (tertiary/aromatic N) is 8. The summed E-state index contributed by atoms with van der Waals surface area (Å²) < 4.78 is 75.0. The van der Waals surface area contributed by atoms with Gasteiger partial charge in [-0.15, -0.1) is 20.5 Å². The molecule has 0 aliphatic heterocycles. The third-order valence-corrected chi connectivity index (χ3v) is 6.34. The number of aromatic nitrogens is 8. The number of rotatable bonds is 8. The molecular weight excluding hydrogens is 830 g/mol. The Bertz CT molecular complexity index is 1590. The summed E-state index contributed by atoms with van der Waals surface area (Å²) in [5.41, 5.74) is 5.20. The van der Waals surface area contributed by atoms with Crippen molar-refractivity contribution in [2.75, 3.05) is 0 Å². The van der Waals surface area contributed by atoms with Crippen LogP contribution in [-0.2, 0) is 60.3 Å². The summed E-state index contributed by atoms with van der Waals surface area (Å²) in [7, 11) is -9.89. The quantitative estimate of drug-likeness (QED) is 0.129. The van der Waals surface area contributed by atoms with Gasteiger partial charge in [0.15, 0.2) is 0 Å². The zero-order valence-electron chi connectivity index (χ0n) is 27.1. The molecule has 6 aromatic rings. The molecule has 52 heavy (non-hydrogen) atoms. The van der Waals surface area contributed by atoms with Gasteiger partial charge in [0.25, 0.3) is 0 Å². The maximum Gasteiger partial charge on any atom is 2.00 e. The maximum absolute atomic E-state index is 12.5. The van der Waals surface area contributed by atoms with Crippen LogP contribution in [0.2, 0.25) is 0 Å². The van der Waals surface area contributed by atoms with Gasteiger partial charge in [-0.1, -0.05) is 46.9 Å². The van der Waals surface area contributed by atoms with Crippen molar-refractivity contribution < 1.29 is 102 Å². The molecule has 0 amide bonds. The molecule has 0 aliphatic rings. The summed E-state index contributed by atoms with van der Waals surface area (Å²) in [4.78, 5) is 0. The average Bonchev–Trinajstić information content (AvgIpc) is 3.82. The van der Waals surface area contributed by atoms with Crippen LogP contribution in [0, 0.1) is 34.3 Å². The van der Waals surface area contributed by atoms with Crippen LogP contribution < -0.4 is 47.5 Å². The Morgan fingerprint density at radius 1 is 0.442 bits per heavy atom. The molecule has 18 nitrogen and oxygen atoms in total. The molecule has 0 aliphatic carbocycles. The van der Waals surface area contributed by atoms with Gasteiger partial charge in [0.1, 0.15) is 0 Å². The average molecular weight is 861 g/mol. The SMILES string of the molecule is Cc1cc(Cn2cccn2)c([O-])c(Cn2cccn2)c1.Cc1cc(Cn2cccn2)c([O-])c(Cn2cccn2)c1.[Cu+2].[Cu+2].[O-][Cl+3]([O-])([O-])[O-].[O-][Cl+3]([O-])([O-])[O-]. The van der Waals surface area contributed by atoms with Crippen LogP contribution >= 0.6 is 0 Å². The van der Waals surface area contributed by atoms with Gasteiger partial charge < -0.3 is 10.2 Å². The van der Waals surface area contributed by atoms with Crippen molar-refractivity contribution in [1.29, 1.82) is 0 Å². The molecule has 4 heterocycles. The van der Waals surface area contributed by atoms with Crippen molar-refractivity contribution in [1.82, 2.24) is 39.1 Å². The van der Waals surface area contributed by atoms with Gasteiger partial charge in [0.2, 0.25) is 0 Å². The van der Waals surface area contributed by atoms with Gasteiger partial charge in [0, 0.05) is 49.6 Å². The monoisotopic (exact) mass is 858 g/mol. The Morgan fingerprint density at radius 3 is 0.788 bits per heavy atom. The summed E-state index contributed by atoms with van der Waals surface area (Å²) in [5.74, 6) is 0.142. The van der Waals surface area contributed by atoms with Crippen LogP contribution in [0.3, 0.4) is 0 Å². The molecule has 0 bridgehead atoms. The van der Waals surface area contributed by atoms with E-state index in [0.717, 1.165) is 33.4 Å². The van der Waals surface area contributed by atoms with Crippen LogP contribution in [0.1, 0.15) is 33.4 Å². The second-order valence-electron chi connectivity index (χ2n) is 10.4. The first-order valence-corrected chi connectivity index (χ1v) is 16.6. The molecular formula is C30H30Cl2Cu2N8O10. The molecule has 2 aromatic carbocycles. The Labute approximate surface area is 322 Å². The number of hydrogen-bond acceptors (Lipinski definition) is 14. The first-order valence-electron chi connectivity index (χ1n) is 14.2. The number of aryl methyl sites for hydroxylation is 2. The zero-order valence-corrected chi connectivity index (χ0v) is 30.5. The summed E-state index contributed by atoms with van der Waals surface area (Å²) in [6.45, 7) is 6.00. The van der Waals surface area contributed by atoms with Crippen molar-refractivity contribution in [3.8, 4) is 11.5 Å². The van der Waals surface area contributed by atoms with Gasteiger partial charge >= 0.3 is 34.1 Å². The fraction of sp³-hybridized carbons (Fsp3) is 0.200. The number of halogens is 2. The first-order chi connectivity index (χ1) is 23.4. The van der Waals surface area contributed by atoms with E-state index in [1.807, 2.05) is 87.2 Å². The zero-order chi connectivity index (χ0) is 36.9. The Balaban J connectivity index is 0.000000402. The van der Waals surface area contributed by atoms with E-state index in [-0.39, 0.29) is 45.6 Å². The molecule has 2 radical (unpaired) electrons. The van der Waals surface area contributed by atoms with Crippen LogP contribution in [0.4, 0.5) is 0 Å². The third kappa shape index (κ3) is 18.1. The summed E-state index contributed by atoms with van der Waals surface area (Å²) in [5, 5.41) is 41.6. The van der Waals surface area contributed by atoms with E-state index < -0.39 is 20.5 Å². The minimum Gasteiger partial charge on any atom is -0.872 e. The van der Waals surface area contributed by atoms with Gasteiger partial charge in [-0.2, -0.15) is 20.4 Å². The second kappa shape index (κ2) is 21.6. The summed E-state index contributed by atoms with van der Waals surface area (Å²) >= 11 is 0. The first kappa shape index (κ1) is 46.2. The predicted octanol–water partition coefficient (Wildman–Crippen LogP) is -6.40. The van der Waals surface area contributed by atoms with Crippen LogP contribution in [0.15, 0.2) is 98.1 Å². The van der Waals surface area contributed by atoms with Crippen molar-refractivity contribution in [3.63, 3.8) is 0 Å². The Kier molecular flexibility index (Phi) is 19.2.